The normalized spacial score (nSPS) is 38.5. The van der Waals surface area contributed by atoms with Crippen LogP contribution >= 0.6 is 0 Å². The highest BCUT2D eigenvalue weighted by molar-refractivity contribution is 4.97. The maximum absolute atomic E-state index is 9.32. The number of rotatable bonds is 2. The molecule has 2 fully saturated rings. The van der Waals surface area contributed by atoms with Gasteiger partial charge in [-0.25, -0.2) is 0 Å². The molecule has 1 saturated heterocycles. The Morgan fingerprint density at radius 3 is 2.67 bits per heavy atom. The van der Waals surface area contributed by atoms with E-state index < -0.39 is 0 Å². The van der Waals surface area contributed by atoms with Crippen LogP contribution in [0.15, 0.2) is 0 Å². The molecule has 0 aromatic heterocycles. The maximum atomic E-state index is 9.32. The average Bonchev–Trinajstić information content (AvgIpc) is 2.31. The van der Waals surface area contributed by atoms with E-state index >= 15 is 0 Å². The van der Waals surface area contributed by atoms with Crippen molar-refractivity contribution in [1.29, 1.82) is 0 Å². The highest BCUT2D eigenvalue weighted by atomic mass is 16.3. The lowest BCUT2D eigenvalue weighted by Gasteiger charge is -2.43. The van der Waals surface area contributed by atoms with E-state index in [-0.39, 0.29) is 5.54 Å². The zero-order chi connectivity index (χ0) is 8.60. The van der Waals surface area contributed by atoms with Crippen LogP contribution in [0, 0.1) is 0 Å². The first kappa shape index (κ1) is 8.52. The molecule has 1 N–H and O–H groups in total. The van der Waals surface area contributed by atoms with Crippen molar-refractivity contribution < 1.29 is 5.11 Å². The third-order valence-electron chi connectivity index (χ3n) is 3.66. The maximum Gasteiger partial charge on any atom is 0.0612 e. The first-order chi connectivity index (χ1) is 5.76. The summed E-state index contributed by atoms with van der Waals surface area (Å²) in [6.07, 6.45) is 6.56. The van der Waals surface area contributed by atoms with Crippen LogP contribution in [0.4, 0.5) is 0 Å². The standard InChI is InChI=1S/C10H19NO/c1-10(8-12)6-3-7-11(10)9-4-2-5-9/h9,12H,2-8H2,1H3. The lowest BCUT2D eigenvalue weighted by molar-refractivity contribution is 0.0165. The Morgan fingerprint density at radius 1 is 1.42 bits per heavy atom. The molecule has 2 aliphatic rings. The number of aliphatic hydroxyl groups excluding tert-OH is 1. The van der Waals surface area contributed by atoms with Crippen molar-refractivity contribution in [1.82, 2.24) is 4.90 Å². The van der Waals surface area contributed by atoms with E-state index in [1.165, 1.54) is 38.6 Å². The van der Waals surface area contributed by atoms with Crippen LogP contribution in [0.2, 0.25) is 0 Å². The number of aliphatic hydroxyl groups is 1. The molecule has 0 bridgehead atoms. The van der Waals surface area contributed by atoms with Crippen LogP contribution in [-0.4, -0.2) is 34.7 Å². The van der Waals surface area contributed by atoms with Gasteiger partial charge in [-0.05, 0) is 39.2 Å². The van der Waals surface area contributed by atoms with E-state index in [1.807, 2.05) is 0 Å². The second-order valence-corrected chi connectivity index (χ2v) is 4.54. The summed E-state index contributed by atoms with van der Waals surface area (Å²) in [6.45, 7) is 3.75. The fourth-order valence-electron chi connectivity index (χ4n) is 2.54. The molecule has 0 aromatic rings. The highest BCUT2D eigenvalue weighted by Gasteiger charge is 2.41. The highest BCUT2D eigenvalue weighted by Crippen LogP contribution is 2.37. The molecule has 2 heteroatoms. The molecule has 0 radical (unpaired) electrons. The zero-order valence-corrected chi connectivity index (χ0v) is 7.92. The number of likely N-dealkylation sites (tertiary alicyclic amines) is 1. The minimum Gasteiger partial charge on any atom is -0.394 e. The van der Waals surface area contributed by atoms with Crippen molar-refractivity contribution >= 4 is 0 Å². The van der Waals surface area contributed by atoms with Gasteiger partial charge in [-0.15, -0.1) is 0 Å². The van der Waals surface area contributed by atoms with E-state index in [0.717, 1.165) is 6.04 Å². The van der Waals surface area contributed by atoms with Gasteiger partial charge in [0.2, 0.25) is 0 Å². The van der Waals surface area contributed by atoms with Gasteiger partial charge < -0.3 is 5.11 Å². The summed E-state index contributed by atoms with van der Waals surface area (Å²) < 4.78 is 0. The molecular formula is C10H19NO. The minimum atomic E-state index is 0.116. The van der Waals surface area contributed by atoms with Crippen molar-refractivity contribution in [2.24, 2.45) is 0 Å². The molecule has 0 amide bonds. The Morgan fingerprint density at radius 2 is 2.17 bits per heavy atom. The van der Waals surface area contributed by atoms with E-state index in [9.17, 15) is 5.11 Å². The van der Waals surface area contributed by atoms with Crippen LogP contribution in [0.25, 0.3) is 0 Å². The summed E-state index contributed by atoms with van der Waals surface area (Å²) >= 11 is 0. The summed E-state index contributed by atoms with van der Waals surface area (Å²) in [5, 5.41) is 9.32. The van der Waals surface area contributed by atoms with Crippen molar-refractivity contribution in [2.75, 3.05) is 13.2 Å². The van der Waals surface area contributed by atoms with Gasteiger partial charge in [0.05, 0.1) is 6.61 Å². The van der Waals surface area contributed by atoms with Gasteiger partial charge in [0.15, 0.2) is 0 Å². The summed E-state index contributed by atoms with van der Waals surface area (Å²) in [4.78, 5) is 2.54. The zero-order valence-electron chi connectivity index (χ0n) is 7.92. The van der Waals surface area contributed by atoms with E-state index in [4.69, 9.17) is 0 Å². The van der Waals surface area contributed by atoms with Crippen LogP contribution in [0.5, 0.6) is 0 Å². The lowest BCUT2D eigenvalue weighted by atomic mass is 9.88. The summed E-state index contributed by atoms with van der Waals surface area (Å²) in [6, 6.07) is 0.796. The molecule has 2 nitrogen and oxygen atoms in total. The molecule has 1 saturated carbocycles. The molecule has 1 unspecified atom stereocenters. The van der Waals surface area contributed by atoms with Crippen molar-refractivity contribution in [2.45, 2.75) is 50.6 Å². The summed E-state index contributed by atoms with van der Waals surface area (Å²) in [5.41, 5.74) is 0.116. The predicted molar refractivity (Wildman–Crippen MR) is 49.1 cm³/mol. The Bertz CT molecular complexity index is 167. The molecule has 1 aliphatic carbocycles. The fraction of sp³-hybridized carbons (Fsp3) is 1.00. The number of hydrogen-bond acceptors (Lipinski definition) is 2. The van der Waals surface area contributed by atoms with Gasteiger partial charge in [0.1, 0.15) is 0 Å². The summed E-state index contributed by atoms with van der Waals surface area (Å²) in [5.74, 6) is 0. The van der Waals surface area contributed by atoms with Crippen molar-refractivity contribution in [3.63, 3.8) is 0 Å². The van der Waals surface area contributed by atoms with Gasteiger partial charge in [-0.3, -0.25) is 4.90 Å². The van der Waals surface area contributed by atoms with Crippen LogP contribution in [-0.2, 0) is 0 Å². The first-order valence-corrected chi connectivity index (χ1v) is 5.14. The smallest absolute Gasteiger partial charge is 0.0612 e. The van der Waals surface area contributed by atoms with Gasteiger partial charge in [0, 0.05) is 11.6 Å². The van der Waals surface area contributed by atoms with E-state index in [0.29, 0.717) is 6.61 Å². The third kappa shape index (κ3) is 1.17. The topological polar surface area (TPSA) is 23.5 Å². The quantitative estimate of drug-likeness (QED) is 0.675. The van der Waals surface area contributed by atoms with Gasteiger partial charge in [-0.2, -0.15) is 0 Å². The molecule has 1 heterocycles. The molecule has 0 aromatic carbocycles. The van der Waals surface area contributed by atoms with Crippen LogP contribution < -0.4 is 0 Å². The van der Waals surface area contributed by atoms with E-state index in [1.54, 1.807) is 0 Å². The molecule has 2 rings (SSSR count). The second-order valence-electron chi connectivity index (χ2n) is 4.54. The van der Waals surface area contributed by atoms with Gasteiger partial charge in [0.25, 0.3) is 0 Å². The second kappa shape index (κ2) is 3.00. The lowest BCUT2D eigenvalue weighted by Crippen LogP contribution is -2.52. The Labute approximate surface area is 74.6 Å². The first-order valence-electron chi connectivity index (χ1n) is 5.14. The molecule has 1 aliphatic heterocycles. The molecule has 1 atom stereocenters. The predicted octanol–water partition coefficient (Wildman–Crippen LogP) is 1.39. The van der Waals surface area contributed by atoms with Crippen LogP contribution in [0.1, 0.15) is 39.0 Å². The van der Waals surface area contributed by atoms with Crippen molar-refractivity contribution in [3.05, 3.63) is 0 Å². The molecular weight excluding hydrogens is 150 g/mol. The largest absolute Gasteiger partial charge is 0.394 e. The summed E-state index contributed by atoms with van der Waals surface area (Å²) in [7, 11) is 0. The third-order valence-corrected chi connectivity index (χ3v) is 3.66. The molecule has 12 heavy (non-hydrogen) atoms. The number of nitrogens with zero attached hydrogens (tertiary/aromatic N) is 1. The Hall–Kier alpha value is -0.0800. The van der Waals surface area contributed by atoms with Crippen LogP contribution in [0.3, 0.4) is 0 Å². The fourth-order valence-corrected chi connectivity index (χ4v) is 2.54. The van der Waals surface area contributed by atoms with E-state index in [2.05, 4.69) is 11.8 Å². The minimum absolute atomic E-state index is 0.116. The monoisotopic (exact) mass is 169 g/mol. The SMILES string of the molecule is CC1(CO)CCCN1C1CCC1. The Balaban J connectivity index is 2.02. The van der Waals surface area contributed by atoms with Crippen molar-refractivity contribution in [3.8, 4) is 0 Å². The Kier molecular flexibility index (Phi) is 2.13. The number of hydrogen-bond donors (Lipinski definition) is 1. The molecule has 0 spiro atoms. The van der Waals surface area contributed by atoms with Gasteiger partial charge >= 0.3 is 0 Å². The van der Waals surface area contributed by atoms with Gasteiger partial charge in [-0.1, -0.05) is 6.42 Å². The molecule has 70 valence electrons. The average molecular weight is 169 g/mol.